The summed E-state index contributed by atoms with van der Waals surface area (Å²) in [4.78, 5) is 2.20. The molecule has 0 aromatic heterocycles. The molecule has 1 aliphatic rings. The Bertz CT molecular complexity index is 117. The lowest BCUT2D eigenvalue weighted by atomic mass is 10.2. The summed E-state index contributed by atoms with van der Waals surface area (Å²) in [6.45, 7) is 4.08. The lowest BCUT2D eigenvalue weighted by Crippen LogP contribution is -2.45. The molecule has 0 bridgehead atoms. The van der Waals surface area contributed by atoms with Crippen LogP contribution in [0.5, 0.6) is 0 Å². The molecule has 1 rings (SSSR count). The maximum absolute atomic E-state index is 5.10. The van der Waals surface area contributed by atoms with Gasteiger partial charge in [0.05, 0.1) is 19.3 Å². The number of hydrogen-bond donors (Lipinski definition) is 0. The van der Waals surface area contributed by atoms with Crippen molar-refractivity contribution in [3.8, 4) is 0 Å². The fraction of sp³-hybridized carbons (Fsp3) is 1.00. The van der Waals surface area contributed by atoms with Gasteiger partial charge < -0.3 is 9.64 Å². The smallest absolute Gasteiger partial charge is 0.0662 e. The highest BCUT2D eigenvalue weighted by atomic mass is 127. The summed E-state index contributed by atoms with van der Waals surface area (Å²) in [5, 5.41) is 0. The zero-order chi connectivity index (χ0) is 8.27. The van der Waals surface area contributed by atoms with Crippen molar-refractivity contribution in [3.05, 3.63) is 0 Å². The first-order valence-corrected chi connectivity index (χ1v) is 4.81. The van der Waals surface area contributed by atoms with E-state index in [-0.39, 0.29) is 0 Å². The van der Waals surface area contributed by atoms with E-state index in [1.54, 1.807) is 0 Å². The molecule has 0 radical (unpaired) electrons. The van der Waals surface area contributed by atoms with Crippen molar-refractivity contribution < 1.29 is 4.74 Å². The zero-order valence-corrected chi connectivity index (χ0v) is 9.24. The first-order chi connectivity index (χ1) is 5.20. The van der Waals surface area contributed by atoms with Gasteiger partial charge in [-0.05, 0) is 14.1 Å². The SMILES string of the molecule is CN(C)CCN(I)C1COC1. The summed E-state index contributed by atoms with van der Waals surface area (Å²) < 4.78 is 7.44. The molecule has 0 unspecified atom stereocenters. The Balaban J connectivity index is 2.05. The molecule has 1 saturated heterocycles. The molecule has 4 heteroatoms. The van der Waals surface area contributed by atoms with Gasteiger partial charge in [-0.3, -0.25) is 0 Å². The number of hydrogen-bond acceptors (Lipinski definition) is 3. The van der Waals surface area contributed by atoms with Crippen molar-refractivity contribution in [2.75, 3.05) is 40.4 Å². The van der Waals surface area contributed by atoms with Crippen LogP contribution >= 0.6 is 22.9 Å². The molecule has 0 aliphatic carbocycles. The molecule has 0 amide bonds. The Morgan fingerprint density at radius 3 is 2.36 bits per heavy atom. The summed E-state index contributed by atoms with van der Waals surface area (Å²) in [5.41, 5.74) is 0. The van der Waals surface area contributed by atoms with Crippen molar-refractivity contribution in [3.63, 3.8) is 0 Å². The van der Waals surface area contributed by atoms with Crippen molar-refractivity contribution >= 4 is 22.9 Å². The summed E-state index contributed by atoms with van der Waals surface area (Å²) in [6.07, 6.45) is 0. The van der Waals surface area contributed by atoms with Gasteiger partial charge in [0.2, 0.25) is 0 Å². The minimum Gasteiger partial charge on any atom is -0.378 e. The second kappa shape index (κ2) is 4.59. The fourth-order valence-corrected chi connectivity index (χ4v) is 1.40. The maximum atomic E-state index is 5.10. The minimum absolute atomic E-state index is 0.663. The Kier molecular flexibility index (Phi) is 4.05. The van der Waals surface area contributed by atoms with Crippen LogP contribution in [0.15, 0.2) is 0 Å². The molecule has 0 N–H and O–H groups in total. The summed E-state index contributed by atoms with van der Waals surface area (Å²) >= 11 is 2.38. The third-order valence-electron chi connectivity index (χ3n) is 1.78. The van der Waals surface area contributed by atoms with Gasteiger partial charge in [-0.15, -0.1) is 0 Å². The number of likely N-dealkylation sites (N-methyl/N-ethyl adjacent to an activating group) is 1. The van der Waals surface area contributed by atoms with E-state index < -0.39 is 0 Å². The molecule has 3 nitrogen and oxygen atoms in total. The quantitative estimate of drug-likeness (QED) is 0.549. The minimum atomic E-state index is 0.663. The second-order valence-electron chi connectivity index (χ2n) is 3.12. The van der Waals surface area contributed by atoms with Gasteiger partial charge >= 0.3 is 0 Å². The van der Waals surface area contributed by atoms with Gasteiger partial charge in [-0.2, -0.15) is 0 Å². The van der Waals surface area contributed by atoms with Gasteiger partial charge in [-0.1, -0.05) is 0 Å². The van der Waals surface area contributed by atoms with E-state index in [2.05, 4.69) is 45.0 Å². The number of nitrogens with zero attached hydrogens (tertiary/aromatic N) is 2. The Labute approximate surface area is 82.2 Å². The van der Waals surface area contributed by atoms with Crippen LogP contribution in [0.2, 0.25) is 0 Å². The maximum Gasteiger partial charge on any atom is 0.0662 e. The van der Waals surface area contributed by atoms with Crippen LogP contribution in [0, 0.1) is 0 Å². The van der Waals surface area contributed by atoms with Gasteiger partial charge in [0.15, 0.2) is 0 Å². The number of rotatable bonds is 4. The Morgan fingerprint density at radius 2 is 2.00 bits per heavy atom. The van der Waals surface area contributed by atoms with E-state index in [1.165, 1.54) is 0 Å². The van der Waals surface area contributed by atoms with Crippen molar-refractivity contribution in [1.82, 2.24) is 8.01 Å². The Morgan fingerprint density at radius 1 is 1.36 bits per heavy atom. The van der Waals surface area contributed by atoms with E-state index in [1.807, 2.05) is 0 Å². The highest BCUT2D eigenvalue weighted by molar-refractivity contribution is 14.1. The number of halogens is 1. The average Bonchev–Trinajstić information content (AvgIpc) is 1.79. The van der Waals surface area contributed by atoms with Crippen molar-refractivity contribution in [1.29, 1.82) is 0 Å². The Hall–Kier alpha value is 0.610. The lowest BCUT2D eigenvalue weighted by Gasteiger charge is -2.33. The van der Waals surface area contributed by atoms with Crippen molar-refractivity contribution in [2.45, 2.75) is 6.04 Å². The predicted molar refractivity (Wildman–Crippen MR) is 53.9 cm³/mol. The molecule has 1 heterocycles. The largest absolute Gasteiger partial charge is 0.378 e. The van der Waals surface area contributed by atoms with E-state index >= 15 is 0 Å². The van der Waals surface area contributed by atoms with Crippen LogP contribution in [-0.4, -0.2) is 54.5 Å². The van der Waals surface area contributed by atoms with E-state index in [4.69, 9.17) is 4.74 Å². The topological polar surface area (TPSA) is 15.7 Å². The molecule has 0 spiro atoms. The van der Waals surface area contributed by atoms with Crippen LogP contribution in [0.3, 0.4) is 0 Å². The van der Waals surface area contributed by atoms with E-state index in [0.29, 0.717) is 6.04 Å². The summed E-state index contributed by atoms with van der Waals surface area (Å²) in [6, 6.07) is 0.663. The molecular formula is C7H15IN2O. The van der Waals surface area contributed by atoms with Crippen LogP contribution in [0.25, 0.3) is 0 Å². The molecule has 66 valence electrons. The highest BCUT2D eigenvalue weighted by Crippen LogP contribution is 2.14. The van der Waals surface area contributed by atoms with Crippen LogP contribution < -0.4 is 0 Å². The molecule has 1 aliphatic heterocycles. The van der Waals surface area contributed by atoms with E-state index in [0.717, 1.165) is 26.3 Å². The van der Waals surface area contributed by atoms with Crippen molar-refractivity contribution in [2.24, 2.45) is 0 Å². The van der Waals surface area contributed by atoms with Crippen LogP contribution in [-0.2, 0) is 4.74 Å². The van der Waals surface area contributed by atoms with Gasteiger partial charge in [0.1, 0.15) is 0 Å². The zero-order valence-electron chi connectivity index (χ0n) is 7.09. The highest BCUT2D eigenvalue weighted by Gasteiger charge is 2.23. The van der Waals surface area contributed by atoms with E-state index in [9.17, 15) is 0 Å². The molecule has 0 saturated carbocycles. The first kappa shape index (κ1) is 9.70. The fourth-order valence-electron chi connectivity index (χ4n) is 0.863. The summed E-state index contributed by atoms with van der Waals surface area (Å²) in [5.74, 6) is 0. The summed E-state index contributed by atoms with van der Waals surface area (Å²) in [7, 11) is 4.20. The average molecular weight is 270 g/mol. The molecule has 11 heavy (non-hydrogen) atoms. The van der Waals surface area contributed by atoms with Gasteiger partial charge in [0.25, 0.3) is 0 Å². The predicted octanol–water partition coefficient (Wildman–Crippen LogP) is 0.599. The number of ether oxygens (including phenoxy) is 1. The third-order valence-corrected chi connectivity index (χ3v) is 3.05. The standard InChI is InChI=1S/C7H15IN2O/c1-9(2)3-4-10(8)7-5-11-6-7/h7H,3-6H2,1-2H3. The molecule has 0 atom stereocenters. The monoisotopic (exact) mass is 270 g/mol. The first-order valence-electron chi connectivity index (χ1n) is 3.85. The van der Waals surface area contributed by atoms with Gasteiger partial charge in [-0.25, -0.2) is 3.11 Å². The second-order valence-corrected chi connectivity index (χ2v) is 4.36. The lowest BCUT2D eigenvalue weighted by molar-refractivity contribution is -0.0288. The molecule has 0 aromatic carbocycles. The molecule has 1 fully saturated rings. The van der Waals surface area contributed by atoms with Crippen LogP contribution in [0.4, 0.5) is 0 Å². The normalized spacial score (nSPS) is 19.4. The van der Waals surface area contributed by atoms with Gasteiger partial charge in [0, 0.05) is 36.0 Å². The third kappa shape index (κ3) is 3.23. The molecular weight excluding hydrogens is 255 g/mol. The molecule has 0 aromatic rings. The van der Waals surface area contributed by atoms with Crippen LogP contribution in [0.1, 0.15) is 0 Å².